The normalized spacial score (nSPS) is 13.2. The van der Waals surface area contributed by atoms with Gasteiger partial charge in [0, 0.05) is 6.61 Å². The van der Waals surface area contributed by atoms with Crippen LogP contribution in [0.3, 0.4) is 0 Å². The van der Waals surface area contributed by atoms with Gasteiger partial charge in [0.1, 0.15) is 5.75 Å². The van der Waals surface area contributed by atoms with E-state index in [1.54, 1.807) is 12.1 Å². The number of carbonyl (C=O) groups is 1. The molecule has 3 nitrogen and oxygen atoms in total. The van der Waals surface area contributed by atoms with E-state index in [9.17, 15) is 4.79 Å². The van der Waals surface area contributed by atoms with Crippen LogP contribution in [0.15, 0.2) is 30.3 Å². The Balaban J connectivity index is 2.65. The number of hydrogen-bond acceptors (Lipinski definition) is 3. The minimum atomic E-state index is -2.00. The molecule has 0 radical (unpaired) electrons. The van der Waals surface area contributed by atoms with E-state index in [0.717, 1.165) is 0 Å². The number of carbonyl (C=O) groups excluding carboxylic acids is 1. The van der Waals surface area contributed by atoms with E-state index in [0.29, 0.717) is 12.4 Å². The molecule has 0 aliphatic heterocycles. The highest BCUT2D eigenvalue weighted by atomic mass is 28.4. The summed E-state index contributed by atoms with van der Waals surface area (Å²) in [7, 11) is -2.00. The fourth-order valence-corrected chi connectivity index (χ4v) is 3.09. The van der Waals surface area contributed by atoms with Crippen molar-refractivity contribution < 1.29 is 14.0 Å². The second-order valence-electron chi connectivity index (χ2n) is 4.49. The molecule has 0 bridgehead atoms. The van der Waals surface area contributed by atoms with Gasteiger partial charge in [-0.1, -0.05) is 25.1 Å². The number of hydrogen-bond donors (Lipinski definition) is 0. The zero-order valence-corrected chi connectivity index (χ0v) is 11.9. The van der Waals surface area contributed by atoms with Gasteiger partial charge in [0.25, 0.3) is 0 Å². The summed E-state index contributed by atoms with van der Waals surface area (Å²) in [6.45, 7) is 8.54. The Labute approximate surface area is 104 Å². The predicted octanol–water partition coefficient (Wildman–Crippen LogP) is 3.22. The summed E-state index contributed by atoms with van der Waals surface area (Å²) in [4.78, 5) is 12.0. The summed E-state index contributed by atoms with van der Waals surface area (Å²) in [5.41, 5.74) is -0.178. The van der Waals surface area contributed by atoms with Gasteiger partial charge in [-0.05, 0) is 32.2 Å². The Morgan fingerprint density at radius 3 is 2.41 bits per heavy atom. The van der Waals surface area contributed by atoms with Crippen LogP contribution in [0.25, 0.3) is 0 Å². The maximum absolute atomic E-state index is 12.0. The Morgan fingerprint density at radius 1 is 1.29 bits per heavy atom. The maximum Gasteiger partial charge on any atom is 0.313 e. The average Bonchev–Trinajstić information content (AvgIpc) is 2.29. The van der Waals surface area contributed by atoms with Crippen LogP contribution in [-0.4, -0.2) is 20.9 Å². The lowest BCUT2D eigenvalue weighted by molar-refractivity contribution is -0.134. The lowest BCUT2D eigenvalue weighted by Crippen LogP contribution is -2.40. The standard InChI is InChI=1S/C13H20O3Si/c1-5-15-17(3,4)11(2)13(14)16-12-9-7-6-8-10-12/h6-11H,5H2,1-4H3. The second-order valence-corrected chi connectivity index (χ2v) is 8.85. The van der Waals surface area contributed by atoms with Crippen LogP contribution in [-0.2, 0) is 9.22 Å². The Hall–Kier alpha value is -1.13. The molecule has 17 heavy (non-hydrogen) atoms. The van der Waals surface area contributed by atoms with Gasteiger partial charge in [0.05, 0.1) is 5.54 Å². The summed E-state index contributed by atoms with van der Waals surface area (Å²) in [6, 6.07) is 9.14. The molecule has 0 aliphatic rings. The highest BCUT2D eigenvalue weighted by Gasteiger charge is 2.36. The van der Waals surface area contributed by atoms with Crippen LogP contribution < -0.4 is 4.74 Å². The van der Waals surface area contributed by atoms with Gasteiger partial charge in [-0.15, -0.1) is 0 Å². The molecule has 0 fully saturated rings. The molecule has 1 aromatic rings. The fourth-order valence-electron chi connectivity index (χ4n) is 1.47. The van der Waals surface area contributed by atoms with Crippen molar-refractivity contribution in [3.63, 3.8) is 0 Å². The quantitative estimate of drug-likeness (QED) is 0.458. The SMILES string of the molecule is CCO[Si](C)(C)C(C)C(=O)Oc1ccccc1. The maximum atomic E-state index is 12.0. The third-order valence-corrected chi connectivity index (χ3v) is 6.23. The average molecular weight is 252 g/mol. The second kappa shape index (κ2) is 5.98. The summed E-state index contributed by atoms with van der Waals surface area (Å²) in [5.74, 6) is 0.381. The molecule has 0 aliphatic carbocycles. The molecule has 0 aromatic heterocycles. The van der Waals surface area contributed by atoms with Crippen molar-refractivity contribution in [2.24, 2.45) is 0 Å². The molecular weight excluding hydrogens is 232 g/mol. The topological polar surface area (TPSA) is 35.5 Å². The highest BCUT2D eigenvalue weighted by Crippen LogP contribution is 2.25. The van der Waals surface area contributed by atoms with E-state index in [2.05, 4.69) is 0 Å². The minimum absolute atomic E-state index is 0.178. The van der Waals surface area contributed by atoms with E-state index in [-0.39, 0.29) is 11.5 Å². The monoisotopic (exact) mass is 252 g/mol. The molecular formula is C13H20O3Si. The van der Waals surface area contributed by atoms with Crippen molar-refractivity contribution in [3.05, 3.63) is 30.3 Å². The number of rotatable bonds is 5. The molecule has 4 heteroatoms. The third-order valence-electron chi connectivity index (χ3n) is 2.87. The van der Waals surface area contributed by atoms with Gasteiger partial charge >= 0.3 is 5.97 Å². The van der Waals surface area contributed by atoms with Gasteiger partial charge < -0.3 is 9.16 Å². The number of esters is 1. The lowest BCUT2D eigenvalue weighted by Gasteiger charge is -2.27. The molecule has 0 saturated carbocycles. The molecule has 1 rings (SSSR count). The minimum Gasteiger partial charge on any atom is -0.426 e. The first-order chi connectivity index (χ1) is 7.97. The zero-order valence-electron chi connectivity index (χ0n) is 10.9. The molecule has 94 valence electrons. The smallest absolute Gasteiger partial charge is 0.313 e. The summed E-state index contributed by atoms with van der Waals surface area (Å²) in [5, 5.41) is 0. The third kappa shape index (κ3) is 3.98. The van der Waals surface area contributed by atoms with Crippen molar-refractivity contribution in [1.82, 2.24) is 0 Å². The first-order valence-corrected chi connectivity index (χ1v) is 8.86. The molecule has 0 saturated heterocycles. The highest BCUT2D eigenvalue weighted by molar-refractivity contribution is 6.75. The predicted molar refractivity (Wildman–Crippen MR) is 70.6 cm³/mol. The van der Waals surface area contributed by atoms with Gasteiger partial charge in [0.2, 0.25) is 0 Å². The van der Waals surface area contributed by atoms with Gasteiger partial charge in [0.15, 0.2) is 8.32 Å². The number of ether oxygens (including phenoxy) is 1. The van der Waals surface area contributed by atoms with E-state index < -0.39 is 8.32 Å². The van der Waals surface area contributed by atoms with Gasteiger partial charge in [-0.3, -0.25) is 4.79 Å². The zero-order chi connectivity index (χ0) is 12.9. The molecule has 0 spiro atoms. The van der Waals surface area contributed by atoms with Crippen molar-refractivity contribution in [3.8, 4) is 5.75 Å². The molecule has 0 amide bonds. The Bertz CT molecular complexity index is 362. The summed E-state index contributed by atoms with van der Waals surface area (Å²) >= 11 is 0. The lowest BCUT2D eigenvalue weighted by atomic mass is 10.3. The van der Waals surface area contributed by atoms with Crippen LogP contribution in [0.1, 0.15) is 13.8 Å². The first-order valence-electron chi connectivity index (χ1n) is 5.88. The number of benzene rings is 1. The Morgan fingerprint density at radius 2 is 1.88 bits per heavy atom. The van der Waals surface area contributed by atoms with Crippen molar-refractivity contribution in [2.45, 2.75) is 32.5 Å². The molecule has 1 unspecified atom stereocenters. The van der Waals surface area contributed by atoms with Crippen molar-refractivity contribution >= 4 is 14.3 Å². The number of para-hydroxylation sites is 1. The fraction of sp³-hybridized carbons (Fsp3) is 0.462. The van der Waals surface area contributed by atoms with Crippen LogP contribution in [0, 0.1) is 0 Å². The van der Waals surface area contributed by atoms with Crippen LogP contribution in [0.4, 0.5) is 0 Å². The van der Waals surface area contributed by atoms with Crippen LogP contribution in [0.5, 0.6) is 5.75 Å². The summed E-state index contributed by atoms with van der Waals surface area (Å²) in [6.07, 6.45) is 0. The van der Waals surface area contributed by atoms with E-state index >= 15 is 0 Å². The van der Waals surface area contributed by atoms with Gasteiger partial charge in [-0.25, -0.2) is 0 Å². The van der Waals surface area contributed by atoms with Gasteiger partial charge in [-0.2, -0.15) is 0 Å². The molecule has 0 N–H and O–H groups in total. The first kappa shape index (κ1) is 13.9. The molecule has 1 aromatic carbocycles. The molecule has 0 heterocycles. The Kier molecular flexibility index (Phi) is 4.90. The van der Waals surface area contributed by atoms with E-state index in [1.165, 1.54) is 0 Å². The van der Waals surface area contributed by atoms with Crippen LogP contribution >= 0.6 is 0 Å². The molecule has 1 atom stereocenters. The van der Waals surface area contributed by atoms with Crippen molar-refractivity contribution in [1.29, 1.82) is 0 Å². The van der Waals surface area contributed by atoms with Crippen molar-refractivity contribution in [2.75, 3.05) is 6.61 Å². The summed E-state index contributed by atoms with van der Waals surface area (Å²) < 4.78 is 11.0. The largest absolute Gasteiger partial charge is 0.426 e. The van der Waals surface area contributed by atoms with Crippen LogP contribution in [0.2, 0.25) is 18.6 Å². The van der Waals surface area contributed by atoms with E-state index in [4.69, 9.17) is 9.16 Å². The van der Waals surface area contributed by atoms with E-state index in [1.807, 2.05) is 45.1 Å².